The van der Waals surface area contributed by atoms with Crippen LogP contribution in [0.4, 0.5) is 11.4 Å². The third-order valence-electron chi connectivity index (χ3n) is 3.09. The molecular formula is C10H12N2. The van der Waals surface area contributed by atoms with Crippen LogP contribution >= 0.6 is 0 Å². The van der Waals surface area contributed by atoms with Crippen molar-refractivity contribution in [3.63, 3.8) is 0 Å². The fourth-order valence-electron chi connectivity index (χ4n) is 2.13. The number of nitrogens with two attached hydrogens (primary N) is 1. The lowest BCUT2D eigenvalue weighted by Gasteiger charge is -2.04. The number of hydrogen-bond acceptors (Lipinski definition) is 2. The molecule has 0 unspecified atom stereocenters. The van der Waals surface area contributed by atoms with Crippen LogP contribution in [0.25, 0.3) is 0 Å². The van der Waals surface area contributed by atoms with Crippen molar-refractivity contribution >= 4 is 11.4 Å². The van der Waals surface area contributed by atoms with Crippen molar-refractivity contribution in [1.82, 2.24) is 0 Å². The van der Waals surface area contributed by atoms with Gasteiger partial charge in [0.2, 0.25) is 0 Å². The van der Waals surface area contributed by atoms with Gasteiger partial charge in [0.05, 0.1) is 0 Å². The Morgan fingerprint density at radius 1 is 1.33 bits per heavy atom. The average Bonchev–Trinajstić information content (AvgIpc) is 2.73. The number of nitrogens with one attached hydrogen (secondary N) is 1. The Labute approximate surface area is 71.8 Å². The second-order valence-corrected chi connectivity index (χ2v) is 3.94. The summed E-state index contributed by atoms with van der Waals surface area (Å²) >= 11 is 0. The van der Waals surface area contributed by atoms with Crippen LogP contribution in [-0.2, 0) is 5.41 Å². The topological polar surface area (TPSA) is 38.0 Å². The van der Waals surface area contributed by atoms with E-state index in [1.807, 2.05) is 12.1 Å². The van der Waals surface area contributed by atoms with Crippen molar-refractivity contribution < 1.29 is 0 Å². The van der Waals surface area contributed by atoms with Crippen molar-refractivity contribution in [2.75, 3.05) is 17.6 Å². The number of hydrogen-bond donors (Lipinski definition) is 2. The molecule has 1 heterocycles. The van der Waals surface area contributed by atoms with E-state index in [4.69, 9.17) is 5.73 Å². The summed E-state index contributed by atoms with van der Waals surface area (Å²) in [6.45, 7) is 1.12. The minimum atomic E-state index is 0.503. The monoisotopic (exact) mass is 160 g/mol. The van der Waals surface area contributed by atoms with Crippen molar-refractivity contribution in [2.45, 2.75) is 18.3 Å². The summed E-state index contributed by atoms with van der Waals surface area (Å²) < 4.78 is 0. The zero-order chi connectivity index (χ0) is 8.18. The summed E-state index contributed by atoms with van der Waals surface area (Å²) in [5.41, 5.74) is 9.80. The molecule has 0 aromatic heterocycles. The van der Waals surface area contributed by atoms with E-state index in [1.54, 1.807) is 0 Å². The molecule has 1 aliphatic heterocycles. The molecular weight excluding hydrogens is 148 g/mol. The minimum absolute atomic E-state index is 0.503. The first kappa shape index (κ1) is 6.35. The van der Waals surface area contributed by atoms with Gasteiger partial charge in [-0.1, -0.05) is 6.07 Å². The van der Waals surface area contributed by atoms with E-state index in [9.17, 15) is 0 Å². The third-order valence-corrected chi connectivity index (χ3v) is 3.09. The molecule has 0 radical (unpaired) electrons. The van der Waals surface area contributed by atoms with Gasteiger partial charge in [-0.05, 0) is 30.5 Å². The van der Waals surface area contributed by atoms with Crippen LogP contribution in [0.3, 0.4) is 0 Å². The molecule has 3 N–H and O–H groups in total. The van der Waals surface area contributed by atoms with Crippen LogP contribution < -0.4 is 11.1 Å². The molecule has 1 aromatic carbocycles. The van der Waals surface area contributed by atoms with Gasteiger partial charge in [0, 0.05) is 23.3 Å². The summed E-state index contributed by atoms with van der Waals surface area (Å²) in [6.07, 6.45) is 2.69. The van der Waals surface area contributed by atoms with Gasteiger partial charge in [0.25, 0.3) is 0 Å². The van der Waals surface area contributed by atoms with E-state index < -0.39 is 0 Å². The summed E-state index contributed by atoms with van der Waals surface area (Å²) in [7, 11) is 0. The highest BCUT2D eigenvalue weighted by Gasteiger charge is 2.48. The second kappa shape index (κ2) is 1.76. The van der Waals surface area contributed by atoms with Crippen LogP contribution in [0.1, 0.15) is 18.4 Å². The normalized spacial score (nSPS) is 22.0. The third kappa shape index (κ3) is 0.649. The number of fused-ring (bicyclic) bond motifs is 2. The molecule has 2 heteroatoms. The second-order valence-electron chi connectivity index (χ2n) is 3.94. The van der Waals surface area contributed by atoms with Crippen LogP contribution in [0.2, 0.25) is 0 Å². The quantitative estimate of drug-likeness (QED) is 0.567. The summed E-state index contributed by atoms with van der Waals surface area (Å²) in [4.78, 5) is 0. The van der Waals surface area contributed by atoms with Gasteiger partial charge < -0.3 is 11.1 Å². The van der Waals surface area contributed by atoms with Gasteiger partial charge in [-0.3, -0.25) is 0 Å². The lowest BCUT2D eigenvalue weighted by Crippen LogP contribution is -2.07. The van der Waals surface area contributed by atoms with Crippen LogP contribution in [0.5, 0.6) is 0 Å². The smallest absolute Gasteiger partial charge is 0.0400 e. The Hall–Kier alpha value is -1.18. The van der Waals surface area contributed by atoms with Crippen LogP contribution in [-0.4, -0.2) is 6.54 Å². The predicted molar refractivity (Wildman–Crippen MR) is 50.3 cm³/mol. The van der Waals surface area contributed by atoms with E-state index in [1.165, 1.54) is 24.1 Å². The average molecular weight is 160 g/mol. The summed E-state index contributed by atoms with van der Waals surface area (Å²) in [5, 5.41) is 3.41. The van der Waals surface area contributed by atoms with E-state index >= 15 is 0 Å². The maximum absolute atomic E-state index is 5.70. The molecule has 3 rings (SSSR count). The Balaban J connectivity index is 2.18. The molecule has 1 saturated carbocycles. The lowest BCUT2D eigenvalue weighted by molar-refractivity contribution is 0.778. The van der Waals surface area contributed by atoms with Crippen molar-refractivity contribution in [2.24, 2.45) is 0 Å². The first-order chi connectivity index (χ1) is 5.80. The van der Waals surface area contributed by atoms with Crippen LogP contribution in [0, 0.1) is 0 Å². The molecule has 0 bridgehead atoms. The van der Waals surface area contributed by atoms with Gasteiger partial charge in [-0.15, -0.1) is 0 Å². The highest BCUT2D eigenvalue weighted by Crippen LogP contribution is 2.54. The minimum Gasteiger partial charge on any atom is -0.399 e. The lowest BCUT2D eigenvalue weighted by atomic mass is 9.98. The van der Waals surface area contributed by atoms with Gasteiger partial charge in [-0.2, -0.15) is 0 Å². The Kier molecular flexibility index (Phi) is 0.932. The first-order valence-corrected chi connectivity index (χ1v) is 4.44. The molecule has 0 amide bonds. The van der Waals surface area contributed by atoms with Crippen molar-refractivity contribution in [1.29, 1.82) is 0 Å². The molecule has 1 fully saturated rings. The molecule has 62 valence electrons. The molecule has 1 spiro atoms. The molecule has 12 heavy (non-hydrogen) atoms. The molecule has 1 aliphatic carbocycles. The predicted octanol–water partition coefficient (Wildman–Crippen LogP) is 1.73. The molecule has 2 nitrogen and oxygen atoms in total. The maximum Gasteiger partial charge on any atom is 0.0400 e. The Morgan fingerprint density at radius 2 is 2.17 bits per heavy atom. The fraction of sp³-hybridized carbons (Fsp3) is 0.400. The van der Waals surface area contributed by atoms with Gasteiger partial charge in [0.15, 0.2) is 0 Å². The standard InChI is InChI=1S/C10H12N2/c11-7-1-2-8-9(5-7)12-6-10(8)3-4-10/h1-2,5,12H,3-4,6,11H2. The van der Waals surface area contributed by atoms with E-state index in [-0.39, 0.29) is 0 Å². The number of benzene rings is 1. The maximum atomic E-state index is 5.70. The van der Waals surface area contributed by atoms with E-state index in [0.717, 1.165) is 12.2 Å². The number of anilines is 2. The number of nitrogen functional groups attached to an aromatic ring is 1. The zero-order valence-corrected chi connectivity index (χ0v) is 6.93. The van der Waals surface area contributed by atoms with Crippen LogP contribution in [0.15, 0.2) is 18.2 Å². The SMILES string of the molecule is Nc1ccc2c(c1)NCC21CC1. The number of rotatable bonds is 0. The molecule has 0 atom stereocenters. The molecule has 0 saturated heterocycles. The highest BCUT2D eigenvalue weighted by atomic mass is 15.0. The zero-order valence-electron chi connectivity index (χ0n) is 6.93. The summed E-state index contributed by atoms with van der Waals surface area (Å²) in [5.74, 6) is 0. The van der Waals surface area contributed by atoms with Crippen molar-refractivity contribution in [3.05, 3.63) is 23.8 Å². The van der Waals surface area contributed by atoms with Gasteiger partial charge in [-0.25, -0.2) is 0 Å². The molecule has 1 aromatic rings. The van der Waals surface area contributed by atoms with E-state index in [2.05, 4.69) is 11.4 Å². The van der Waals surface area contributed by atoms with Crippen molar-refractivity contribution in [3.8, 4) is 0 Å². The van der Waals surface area contributed by atoms with E-state index in [0.29, 0.717) is 5.41 Å². The van der Waals surface area contributed by atoms with Gasteiger partial charge >= 0.3 is 0 Å². The molecule has 2 aliphatic rings. The Morgan fingerprint density at radius 3 is 2.92 bits per heavy atom. The first-order valence-electron chi connectivity index (χ1n) is 4.44. The van der Waals surface area contributed by atoms with Gasteiger partial charge in [0.1, 0.15) is 0 Å². The fourth-order valence-corrected chi connectivity index (χ4v) is 2.13. The Bertz CT molecular complexity index is 340. The summed E-state index contributed by atoms with van der Waals surface area (Å²) in [6, 6.07) is 6.23. The largest absolute Gasteiger partial charge is 0.399 e. The highest BCUT2D eigenvalue weighted by molar-refractivity contribution is 5.67.